The van der Waals surface area contributed by atoms with Gasteiger partial charge in [-0.25, -0.2) is 4.39 Å². The second-order valence-corrected chi connectivity index (χ2v) is 10.5. The molecular weight excluding hydrogens is 469 g/mol. The molecule has 1 amide bonds. The summed E-state index contributed by atoms with van der Waals surface area (Å²) in [6.07, 6.45) is 5.53. The average molecular weight is 500 g/mol. The highest BCUT2D eigenvalue weighted by Gasteiger charge is 2.44. The molecule has 1 aliphatic heterocycles. The number of aromatic nitrogens is 3. The highest BCUT2D eigenvalue weighted by molar-refractivity contribution is 5.95. The molecule has 0 spiro atoms. The smallest absolute Gasteiger partial charge is 0.225 e. The van der Waals surface area contributed by atoms with Gasteiger partial charge in [0.25, 0.3) is 0 Å². The van der Waals surface area contributed by atoms with E-state index in [2.05, 4.69) is 17.2 Å². The minimum Gasteiger partial charge on any atom is -0.388 e. The van der Waals surface area contributed by atoms with Gasteiger partial charge in [-0.15, -0.1) is 0 Å². The first kappa shape index (κ1) is 23.6. The Hall–Kier alpha value is -3.78. The molecule has 4 aromatic rings. The Kier molecular flexibility index (Phi) is 5.91. The van der Waals surface area contributed by atoms with E-state index in [9.17, 15) is 14.3 Å². The lowest BCUT2D eigenvalue weighted by molar-refractivity contribution is -0.137. The van der Waals surface area contributed by atoms with Crippen LogP contribution >= 0.6 is 0 Å². The van der Waals surface area contributed by atoms with Gasteiger partial charge in [-0.2, -0.15) is 5.10 Å². The summed E-state index contributed by atoms with van der Waals surface area (Å²) in [6, 6.07) is 16.0. The van der Waals surface area contributed by atoms with Crippen molar-refractivity contribution in [3.05, 3.63) is 72.8 Å². The molecule has 2 fully saturated rings. The molecule has 0 unspecified atom stereocenters. The topological polar surface area (TPSA) is 83.3 Å². The van der Waals surface area contributed by atoms with Crippen LogP contribution in [0, 0.1) is 17.7 Å². The number of anilines is 2. The van der Waals surface area contributed by atoms with Crippen LogP contribution in [0.15, 0.2) is 67.0 Å². The summed E-state index contributed by atoms with van der Waals surface area (Å²) in [5, 5.41) is 20.7. The number of fused-ring (bicyclic) bond motifs is 1. The molecule has 1 aliphatic carbocycles. The highest BCUT2D eigenvalue weighted by Crippen LogP contribution is 2.40. The van der Waals surface area contributed by atoms with Crippen LogP contribution in [0.5, 0.6) is 0 Å². The number of carbonyl (C=O) groups excluding carboxylic acids is 1. The number of hydrogen-bond acceptors (Lipinski definition) is 5. The zero-order valence-electron chi connectivity index (χ0n) is 20.8. The Balaban J connectivity index is 1.28. The number of nitrogens with one attached hydrogen (secondary N) is 1. The predicted molar refractivity (Wildman–Crippen MR) is 141 cm³/mol. The van der Waals surface area contributed by atoms with Crippen molar-refractivity contribution in [2.75, 3.05) is 18.4 Å². The lowest BCUT2D eigenvalue weighted by Crippen LogP contribution is -2.49. The number of benzene rings is 2. The minimum atomic E-state index is -0.942. The summed E-state index contributed by atoms with van der Waals surface area (Å²) in [5.74, 6) is 0.605. The van der Waals surface area contributed by atoms with E-state index in [-0.39, 0.29) is 17.6 Å². The zero-order chi connectivity index (χ0) is 25.6. The normalized spacial score (nSPS) is 20.7. The van der Waals surface area contributed by atoms with Gasteiger partial charge in [0, 0.05) is 53.7 Å². The van der Waals surface area contributed by atoms with Gasteiger partial charge in [0.1, 0.15) is 11.5 Å². The Morgan fingerprint density at radius 2 is 1.86 bits per heavy atom. The molecule has 37 heavy (non-hydrogen) atoms. The third-order valence-electron chi connectivity index (χ3n) is 7.69. The fourth-order valence-electron chi connectivity index (χ4n) is 5.27. The van der Waals surface area contributed by atoms with Gasteiger partial charge in [-0.1, -0.05) is 6.92 Å². The average Bonchev–Trinajstić information content (AvgIpc) is 3.54. The molecule has 2 aromatic heterocycles. The summed E-state index contributed by atoms with van der Waals surface area (Å²) < 4.78 is 15.2. The van der Waals surface area contributed by atoms with Gasteiger partial charge < -0.3 is 15.3 Å². The maximum absolute atomic E-state index is 13.3. The second-order valence-electron chi connectivity index (χ2n) is 10.5. The number of likely N-dealkylation sites (tertiary alicyclic amines) is 1. The molecule has 8 heteroatoms. The zero-order valence-corrected chi connectivity index (χ0v) is 20.8. The largest absolute Gasteiger partial charge is 0.388 e. The van der Waals surface area contributed by atoms with Crippen LogP contribution in [-0.4, -0.2) is 49.4 Å². The number of hydrogen-bond donors (Lipinski definition) is 2. The Labute approximate surface area is 214 Å². The molecular formula is C29H30FN5O2. The predicted octanol–water partition coefficient (Wildman–Crippen LogP) is 4.99. The van der Waals surface area contributed by atoms with Crippen molar-refractivity contribution in [1.82, 2.24) is 19.7 Å². The molecule has 1 saturated heterocycles. The number of aliphatic hydroxyl groups is 1. The highest BCUT2D eigenvalue weighted by atomic mass is 19.1. The van der Waals surface area contributed by atoms with E-state index in [1.165, 1.54) is 12.1 Å². The van der Waals surface area contributed by atoms with Gasteiger partial charge in [0.2, 0.25) is 5.91 Å². The van der Waals surface area contributed by atoms with Gasteiger partial charge in [0.05, 0.1) is 17.7 Å². The van der Waals surface area contributed by atoms with E-state index in [0.717, 1.165) is 40.0 Å². The molecule has 1 saturated carbocycles. The SMILES string of the molecule is C[C@H]1C[C@@H]1C(=O)N1CCC(O)(Cn2nc(-c3cccnc3)c3cc(Nc4ccc(F)cc4)ccc32)CC1. The van der Waals surface area contributed by atoms with Crippen molar-refractivity contribution >= 4 is 28.2 Å². The van der Waals surface area contributed by atoms with Crippen LogP contribution in [0.3, 0.4) is 0 Å². The molecule has 3 heterocycles. The summed E-state index contributed by atoms with van der Waals surface area (Å²) in [7, 11) is 0. The van der Waals surface area contributed by atoms with Crippen molar-refractivity contribution in [2.24, 2.45) is 11.8 Å². The van der Waals surface area contributed by atoms with Gasteiger partial charge in [0.15, 0.2) is 0 Å². The molecule has 6 rings (SSSR count). The molecule has 0 radical (unpaired) electrons. The molecule has 2 atom stereocenters. The summed E-state index contributed by atoms with van der Waals surface area (Å²) >= 11 is 0. The van der Waals surface area contributed by atoms with Crippen LogP contribution in [-0.2, 0) is 11.3 Å². The number of piperidine rings is 1. The maximum atomic E-state index is 13.3. The molecule has 0 bridgehead atoms. The Morgan fingerprint density at radius 1 is 1.14 bits per heavy atom. The third-order valence-corrected chi connectivity index (χ3v) is 7.69. The number of rotatable bonds is 6. The van der Waals surface area contributed by atoms with Crippen molar-refractivity contribution in [3.8, 4) is 11.3 Å². The monoisotopic (exact) mass is 499 g/mol. The lowest BCUT2D eigenvalue weighted by Gasteiger charge is -2.38. The maximum Gasteiger partial charge on any atom is 0.225 e. The van der Waals surface area contributed by atoms with Crippen LogP contribution in [0.2, 0.25) is 0 Å². The lowest BCUT2D eigenvalue weighted by atomic mass is 9.91. The number of amides is 1. The van der Waals surface area contributed by atoms with Crippen LogP contribution in [0.25, 0.3) is 22.2 Å². The van der Waals surface area contributed by atoms with Gasteiger partial charge in [-0.05, 0) is 79.8 Å². The summed E-state index contributed by atoms with van der Waals surface area (Å²) in [4.78, 5) is 18.8. The number of pyridine rings is 1. The van der Waals surface area contributed by atoms with Crippen molar-refractivity contribution < 1.29 is 14.3 Å². The first-order valence-electron chi connectivity index (χ1n) is 12.8. The quantitative estimate of drug-likeness (QED) is 0.391. The Morgan fingerprint density at radius 3 is 2.54 bits per heavy atom. The van der Waals surface area contributed by atoms with Crippen LogP contribution in [0.4, 0.5) is 15.8 Å². The van der Waals surface area contributed by atoms with Gasteiger partial charge >= 0.3 is 0 Å². The van der Waals surface area contributed by atoms with E-state index in [0.29, 0.717) is 38.4 Å². The van der Waals surface area contributed by atoms with Crippen molar-refractivity contribution in [3.63, 3.8) is 0 Å². The molecule has 7 nitrogen and oxygen atoms in total. The number of nitrogens with zero attached hydrogens (tertiary/aromatic N) is 4. The van der Waals surface area contributed by atoms with E-state index in [1.807, 2.05) is 39.9 Å². The van der Waals surface area contributed by atoms with Crippen LogP contribution < -0.4 is 5.32 Å². The first-order chi connectivity index (χ1) is 17.9. The third kappa shape index (κ3) is 4.81. The number of carbonyl (C=O) groups is 1. The number of halogens is 1. The van der Waals surface area contributed by atoms with E-state index < -0.39 is 5.60 Å². The van der Waals surface area contributed by atoms with E-state index in [1.54, 1.807) is 24.5 Å². The van der Waals surface area contributed by atoms with Gasteiger partial charge in [-0.3, -0.25) is 14.5 Å². The van der Waals surface area contributed by atoms with Crippen molar-refractivity contribution in [1.29, 1.82) is 0 Å². The Bertz CT molecular complexity index is 1430. The van der Waals surface area contributed by atoms with Crippen molar-refractivity contribution in [2.45, 2.75) is 38.3 Å². The van der Waals surface area contributed by atoms with E-state index in [4.69, 9.17) is 5.10 Å². The fraction of sp³-hybridized carbons (Fsp3) is 0.345. The first-order valence-corrected chi connectivity index (χ1v) is 12.8. The minimum absolute atomic E-state index is 0.168. The second kappa shape index (κ2) is 9.27. The molecule has 2 aliphatic rings. The van der Waals surface area contributed by atoms with E-state index >= 15 is 0 Å². The standard InChI is InChI=1S/C29H30FN5O2/c1-19-15-24(19)28(36)34-13-10-29(37,11-14-34)18-35-26-9-8-23(32-22-6-4-21(30)5-7-22)16-25(26)27(33-35)20-3-2-12-31-17-20/h2-9,12,16-17,19,24,32,37H,10-11,13-15,18H2,1H3/t19-,24-/m0/s1. The molecule has 2 aromatic carbocycles. The molecule has 190 valence electrons. The summed E-state index contributed by atoms with van der Waals surface area (Å²) in [6.45, 7) is 3.60. The fourth-order valence-corrected chi connectivity index (χ4v) is 5.27. The van der Waals surface area contributed by atoms with Crippen LogP contribution in [0.1, 0.15) is 26.2 Å². The molecule has 2 N–H and O–H groups in total. The summed E-state index contributed by atoms with van der Waals surface area (Å²) in [5.41, 5.74) is 3.27.